The number of carbonyl (C=O) groups excluding carboxylic acids is 2. The molecule has 2 aliphatic rings. The summed E-state index contributed by atoms with van der Waals surface area (Å²) in [5.74, 6) is -4.74. The molecule has 0 spiro atoms. The molecule has 3 N–H and O–H groups in total. The fourth-order valence-electron chi connectivity index (χ4n) is 5.01. The van der Waals surface area contributed by atoms with Crippen molar-refractivity contribution in [2.24, 2.45) is 0 Å². The Labute approximate surface area is 226 Å². The highest BCUT2D eigenvalue weighted by Crippen LogP contribution is 2.35. The zero-order valence-electron chi connectivity index (χ0n) is 22.2. The zero-order valence-corrected chi connectivity index (χ0v) is 22.2. The fraction of sp³-hybridized carbons (Fsp3) is 0.577. The maximum absolute atomic E-state index is 14.5. The number of hydrogen-bond acceptors (Lipinski definition) is 7. The van der Waals surface area contributed by atoms with E-state index in [9.17, 15) is 38.1 Å². The van der Waals surface area contributed by atoms with E-state index in [0.29, 0.717) is 0 Å². The van der Waals surface area contributed by atoms with E-state index >= 15 is 0 Å². The molecule has 0 saturated carbocycles. The number of rotatable bonds is 9. The van der Waals surface area contributed by atoms with E-state index in [1.807, 2.05) is 6.07 Å². The maximum atomic E-state index is 14.5. The van der Waals surface area contributed by atoms with Gasteiger partial charge in [-0.1, -0.05) is 30.3 Å². The van der Waals surface area contributed by atoms with Crippen molar-refractivity contribution in [1.82, 2.24) is 15.1 Å². The minimum Gasteiger partial charge on any atom is -0.447 e. The lowest BCUT2D eigenvalue weighted by atomic mass is 9.76. The number of nitrogens with one attached hydrogen (secondary N) is 1. The van der Waals surface area contributed by atoms with Crippen LogP contribution in [-0.2, 0) is 16.0 Å². The minimum atomic E-state index is -2.86. The van der Waals surface area contributed by atoms with E-state index in [0.717, 1.165) is 10.5 Å². The van der Waals surface area contributed by atoms with Gasteiger partial charge in [-0.2, -0.15) is 5.26 Å². The molecule has 2 aliphatic heterocycles. The molecule has 1 aromatic carbocycles. The van der Waals surface area contributed by atoms with Crippen LogP contribution < -0.4 is 5.32 Å². The zero-order chi connectivity index (χ0) is 29.0. The van der Waals surface area contributed by atoms with Crippen LogP contribution in [-0.4, -0.2) is 94.3 Å². The first-order valence-corrected chi connectivity index (χ1v) is 12.7. The number of nitriles is 1. The molecule has 2 saturated heterocycles. The predicted molar refractivity (Wildman–Crippen MR) is 137 cm³/mol. The number of alkyl carbamates (subject to hydrolysis) is 1. The van der Waals surface area contributed by atoms with Gasteiger partial charge in [-0.3, -0.25) is 9.69 Å². The third-order valence-corrected chi connectivity index (χ3v) is 7.25. The van der Waals surface area contributed by atoms with Gasteiger partial charge in [-0.15, -0.1) is 0 Å². The molecule has 0 bridgehead atoms. The number of nitrogens with zero attached hydrogens (tertiary/aromatic N) is 3. The van der Waals surface area contributed by atoms with Crippen LogP contribution >= 0.6 is 0 Å². The molecule has 13 heteroatoms. The van der Waals surface area contributed by atoms with Crippen molar-refractivity contribution >= 4 is 19.1 Å². The topological polar surface area (TPSA) is 126 Å². The molecule has 2 heterocycles. The van der Waals surface area contributed by atoms with Gasteiger partial charge in [-0.05, 0) is 38.8 Å². The summed E-state index contributed by atoms with van der Waals surface area (Å²) < 4.78 is 47.3. The molecule has 0 unspecified atom stereocenters. The van der Waals surface area contributed by atoms with Crippen LogP contribution in [0.1, 0.15) is 39.2 Å². The Morgan fingerprint density at radius 3 is 2.56 bits per heavy atom. The number of halogens is 3. The molecule has 9 nitrogen and oxygen atoms in total. The average molecular weight is 550 g/mol. The Morgan fingerprint density at radius 1 is 1.33 bits per heavy atom. The molecular weight excluding hydrogens is 516 g/mol. The third kappa shape index (κ3) is 7.74. The van der Waals surface area contributed by atoms with Crippen LogP contribution in [0, 0.1) is 11.3 Å². The van der Waals surface area contributed by atoms with Crippen molar-refractivity contribution in [3.8, 4) is 6.07 Å². The Morgan fingerprint density at radius 2 is 2.00 bits per heavy atom. The summed E-state index contributed by atoms with van der Waals surface area (Å²) in [4.78, 5) is 28.5. The summed E-state index contributed by atoms with van der Waals surface area (Å²) in [6.07, 6.45) is -1.51. The van der Waals surface area contributed by atoms with Crippen LogP contribution in [0.2, 0.25) is 0 Å². The molecular formula is C26H34BF3N4O5. The van der Waals surface area contributed by atoms with Gasteiger partial charge in [0.05, 0.1) is 24.6 Å². The Kier molecular flexibility index (Phi) is 9.36. The Bertz CT molecular complexity index is 1110. The third-order valence-electron chi connectivity index (χ3n) is 7.25. The lowest BCUT2D eigenvalue weighted by molar-refractivity contribution is -0.131. The molecule has 2 fully saturated rings. The molecule has 2 amide bonds. The number of hydrogen-bond donors (Lipinski definition) is 3. The lowest BCUT2D eigenvalue weighted by Gasteiger charge is -2.36. The second-order valence-corrected chi connectivity index (χ2v) is 11.0. The Hall–Kier alpha value is -3.08. The van der Waals surface area contributed by atoms with E-state index in [2.05, 4.69) is 5.32 Å². The van der Waals surface area contributed by atoms with Crippen LogP contribution in [0.3, 0.4) is 0 Å². The van der Waals surface area contributed by atoms with Gasteiger partial charge in [0.2, 0.25) is 0 Å². The first-order valence-electron chi connectivity index (χ1n) is 12.7. The van der Waals surface area contributed by atoms with Crippen molar-refractivity contribution in [2.45, 2.75) is 69.1 Å². The second kappa shape index (κ2) is 12.0. The molecule has 0 radical (unpaired) electrons. The van der Waals surface area contributed by atoms with Crippen molar-refractivity contribution in [3.05, 3.63) is 47.5 Å². The smallest absolute Gasteiger partial charge is 0.447 e. The molecule has 3 atom stereocenters. The molecule has 39 heavy (non-hydrogen) atoms. The number of ether oxygens (including phenoxy) is 1. The van der Waals surface area contributed by atoms with E-state index in [1.54, 1.807) is 44.2 Å². The standard InChI is InChI=1S/C26H34BF3N4O5/c1-24(2,33-10-9-26(29,30)16-33)12-19(14-31)22(35)34-15-20(28)13-25(34,3)17-39-23(36)32-21(27(37)38)11-18-7-5-4-6-8-18/h4-8,12,20-21,37-38H,9-11,13,15-17H2,1-3H3,(H,32,36)/t20-,21-,25+/m0/s1. The summed E-state index contributed by atoms with van der Waals surface area (Å²) >= 11 is 0. The van der Waals surface area contributed by atoms with Gasteiger partial charge >= 0.3 is 13.2 Å². The number of alkyl halides is 3. The van der Waals surface area contributed by atoms with Crippen LogP contribution in [0.25, 0.3) is 0 Å². The summed E-state index contributed by atoms with van der Waals surface area (Å²) in [6, 6.07) is 10.6. The summed E-state index contributed by atoms with van der Waals surface area (Å²) in [7, 11) is -1.88. The maximum Gasteiger partial charge on any atom is 0.475 e. The number of likely N-dealkylation sites (tertiary alicyclic amines) is 2. The van der Waals surface area contributed by atoms with Crippen LogP contribution in [0.4, 0.5) is 18.0 Å². The van der Waals surface area contributed by atoms with E-state index < -0.39 is 61.4 Å². The van der Waals surface area contributed by atoms with E-state index in [-0.39, 0.29) is 37.9 Å². The predicted octanol–water partition coefficient (Wildman–Crippen LogP) is 2.23. The number of carbonyl (C=O) groups is 2. The van der Waals surface area contributed by atoms with Gasteiger partial charge < -0.3 is 25.0 Å². The quantitative estimate of drug-likeness (QED) is 0.245. The summed E-state index contributed by atoms with van der Waals surface area (Å²) in [6.45, 7) is 3.58. The van der Waals surface area contributed by atoms with Crippen molar-refractivity contribution < 1.29 is 37.5 Å². The molecule has 3 rings (SSSR count). The number of benzene rings is 1. The first-order chi connectivity index (χ1) is 18.2. The first kappa shape index (κ1) is 30.5. The van der Waals surface area contributed by atoms with Crippen LogP contribution in [0.15, 0.2) is 42.0 Å². The molecule has 0 aliphatic carbocycles. The monoisotopic (exact) mass is 550 g/mol. The van der Waals surface area contributed by atoms with Gasteiger partial charge in [0.25, 0.3) is 11.8 Å². The highest BCUT2D eigenvalue weighted by molar-refractivity contribution is 6.43. The molecule has 212 valence electrons. The normalized spacial score (nSPS) is 24.2. The lowest BCUT2D eigenvalue weighted by Crippen LogP contribution is -2.52. The van der Waals surface area contributed by atoms with E-state index in [1.165, 1.54) is 17.9 Å². The Balaban J connectivity index is 1.69. The second-order valence-electron chi connectivity index (χ2n) is 11.0. The largest absolute Gasteiger partial charge is 0.475 e. The highest BCUT2D eigenvalue weighted by atomic mass is 19.3. The summed E-state index contributed by atoms with van der Waals surface area (Å²) in [5.41, 5.74) is -1.93. The van der Waals surface area contributed by atoms with Crippen molar-refractivity contribution in [2.75, 3.05) is 26.2 Å². The van der Waals surface area contributed by atoms with E-state index in [4.69, 9.17) is 4.74 Å². The number of amides is 2. The minimum absolute atomic E-state index is 0.0914. The molecule has 1 aromatic rings. The highest BCUT2D eigenvalue weighted by Gasteiger charge is 2.48. The van der Waals surface area contributed by atoms with Gasteiger partial charge in [0.15, 0.2) is 0 Å². The average Bonchev–Trinajstić information content (AvgIpc) is 3.39. The van der Waals surface area contributed by atoms with Crippen LogP contribution in [0.5, 0.6) is 0 Å². The van der Waals surface area contributed by atoms with Gasteiger partial charge in [0.1, 0.15) is 24.4 Å². The van der Waals surface area contributed by atoms with Gasteiger partial charge in [-0.25, -0.2) is 18.0 Å². The van der Waals surface area contributed by atoms with Crippen molar-refractivity contribution in [1.29, 1.82) is 5.26 Å². The van der Waals surface area contributed by atoms with Gasteiger partial charge in [0, 0.05) is 24.9 Å². The summed E-state index contributed by atoms with van der Waals surface area (Å²) in [5, 5.41) is 31.5. The SMILES string of the molecule is CC(C)(C=C(C#N)C(=O)N1C[C@@H](F)C[C@]1(C)COC(=O)N[C@@H](Cc1ccccc1)B(O)O)N1CCC(F)(F)C1. The fourth-order valence-corrected chi connectivity index (χ4v) is 5.01. The molecule has 0 aromatic heterocycles. The van der Waals surface area contributed by atoms with Crippen molar-refractivity contribution in [3.63, 3.8) is 0 Å².